The molecule has 0 aromatic heterocycles. The zero-order valence-electron chi connectivity index (χ0n) is 17.8. The van der Waals surface area contributed by atoms with Gasteiger partial charge in [-0.05, 0) is 73.1 Å². The van der Waals surface area contributed by atoms with Crippen LogP contribution in [0.2, 0.25) is 0 Å². The van der Waals surface area contributed by atoms with Crippen LogP contribution in [0.3, 0.4) is 0 Å². The Morgan fingerprint density at radius 1 is 1.19 bits per heavy atom. The quantitative estimate of drug-likeness (QED) is 0.539. The molecule has 0 aliphatic heterocycles. The van der Waals surface area contributed by atoms with Crippen molar-refractivity contribution in [2.24, 2.45) is 5.92 Å². The molecule has 3 rings (SSSR count). The number of carbonyl (C=O) groups is 1. The molecule has 0 saturated heterocycles. The van der Waals surface area contributed by atoms with Crippen molar-refractivity contribution < 1.29 is 27.2 Å². The maximum atomic E-state index is 11.3. The van der Waals surface area contributed by atoms with Crippen LogP contribution in [0, 0.1) is 5.92 Å². The summed E-state index contributed by atoms with van der Waals surface area (Å²) in [7, 11) is -3.52. The van der Waals surface area contributed by atoms with Crippen LogP contribution in [0.15, 0.2) is 42.5 Å². The Morgan fingerprint density at radius 2 is 1.94 bits per heavy atom. The van der Waals surface area contributed by atoms with Crippen LogP contribution in [0.5, 0.6) is 5.75 Å². The lowest BCUT2D eigenvalue weighted by atomic mass is 9.84. The lowest BCUT2D eigenvalue weighted by Gasteiger charge is -2.25. The number of aryl methyl sites for hydroxylation is 1. The molecule has 0 bridgehead atoms. The van der Waals surface area contributed by atoms with Gasteiger partial charge in [0.15, 0.2) is 6.10 Å². The molecule has 168 valence electrons. The summed E-state index contributed by atoms with van der Waals surface area (Å²) in [5.41, 5.74) is 4.29. The van der Waals surface area contributed by atoms with Crippen LogP contribution in [0.4, 0.5) is 5.69 Å². The van der Waals surface area contributed by atoms with E-state index in [0.717, 1.165) is 48.9 Å². The van der Waals surface area contributed by atoms with Gasteiger partial charge in [-0.1, -0.05) is 18.2 Å². The number of nitrogens with one attached hydrogen (secondary N) is 1. The third-order valence-electron chi connectivity index (χ3n) is 5.37. The van der Waals surface area contributed by atoms with Crippen molar-refractivity contribution in [3.8, 4) is 5.75 Å². The number of anilines is 1. The summed E-state index contributed by atoms with van der Waals surface area (Å²) < 4.78 is 32.9. The highest BCUT2D eigenvalue weighted by Crippen LogP contribution is 2.29. The van der Waals surface area contributed by atoms with E-state index in [-0.39, 0.29) is 0 Å². The Labute approximate surface area is 183 Å². The van der Waals surface area contributed by atoms with Crippen molar-refractivity contribution in [3.05, 3.63) is 59.2 Å². The van der Waals surface area contributed by atoms with E-state index < -0.39 is 22.2 Å². The van der Waals surface area contributed by atoms with E-state index in [1.165, 1.54) is 5.56 Å². The lowest BCUT2D eigenvalue weighted by molar-refractivity contribution is -0.149. The highest BCUT2D eigenvalue weighted by molar-refractivity contribution is 7.86. The van der Waals surface area contributed by atoms with Gasteiger partial charge in [0.05, 0.1) is 6.26 Å². The first-order valence-corrected chi connectivity index (χ1v) is 12.2. The number of aliphatic carboxylic acids is 1. The fraction of sp³-hybridized carbons (Fsp3) is 0.435. The molecule has 8 heteroatoms. The molecule has 31 heavy (non-hydrogen) atoms. The summed E-state index contributed by atoms with van der Waals surface area (Å²) >= 11 is 0. The number of ether oxygens (including phenoxy) is 1. The molecular weight excluding hydrogens is 418 g/mol. The van der Waals surface area contributed by atoms with E-state index in [1.807, 2.05) is 36.4 Å². The highest BCUT2D eigenvalue weighted by Gasteiger charge is 2.20. The fourth-order valence-electron chi connectivity index (χ4n) is 3.86. The summed E-state index contributed by atoms with van der Waals surface area (Å²) in [5.74, 6) is -0.104. The van der Waals surface area contributed by atoms with Crippen molar-refractivity contribution in [3.63, 3.8) is 0 Å². The van der Waals surface area contributed by atoms with Crippen LogP contribution < -0.4 is 9.50 Å². The van der Waals surface area contributed by atoms with Crippen molar-refractivity contribution in [1.82, 2.24) is 0 Å². The molecule has 2 atom stereocenters. The average molecular weight is 448 g/mol. The minimum atomic E-state index is -3.52. The molecular formula is C23H29NO6S. The Hall–Kier alpha value is -2.58. The monoisotopic (exact) mass is 447 g/mol. The smallest absolute Gasteiger partial charge is 0.333 e. The number of carboxylic acids is 1. The van der Waals surface area contributed by atoms with E-state index >= 15 is 0 Å². The van der Waals surface area contributed by atoms with Gasteiger partial charge in [-0.15, -0.1) is 0 Å². The molecule has 2 aromatic rings. The van der Waals surface area contributed by atoms with Gasteiger partial charge in [0, 0.05) is 25.3 Å². The van der Waals surface area contributed by atoms with Crippen LogP contribution in [0.1, 0.15) is 30.0 Å². The molecule has 1 aliphatic carbocycles. The first-order valence-electron chi connectivity index (χ1n) is 10.4. The van der Waals surface area contributed by atoms with Crippen molar-refractivity contribution in [2.45, 2.75) is 38.7 Å². The first kappa shape index (κ1) is 23.1. The highest BCUT2D eigenvalue weighted by atomic mass is 32.2. The van der Waals surface area contributed by atoms with Gasteiger partial charge in [0.2, 0.25) is 0 Å². The molecule has 0 spiro atoms. The molecule has 0 heterocycles. The Bertz CT molecular complexity index is 1000. The number of rotatable bonds is 10. The van der Waals surface area contributed by atoms with Gasteiger partial charge in [-0.3, -0.25) is 0 Å². The molecule has 2 unspecified atom stereocenters. The fourth-order valence-corrected chi connectivity index (χ4v) is 4.31. The van der Waals surface area contributed by atoms with Gasteiger partial charge in [0.25, 0.3) is 0 Å². The molecule has 0 saturated carbocycles. The van der Waals surface area contributed by atoms with Crippen LogP contribution in [-0.4, -0.2) is 45.0 Å². The molecule has 7 nitrogen and oxygen atoms in total. The third kappa shape index (κ3) is 6.97. The topological polar surface area (TPSA) is 102 Å². The Balaban J connectivity index is 1.52. The number of carboxylic acid groups (broad SMARTS) is 1. The SMILES string of the molecule is CCOC(Cc1ccc(NCC2CCc3cc(OS(C)(=O)=O)ccc3C2)cc1)C(=O)O. The average Bonchev–Trinajstić information content (AvgIpc) is 2.71. The standard InChI is InChI=1S/C23H29NO6S/c1-3-29-22(23(25)26)13-16-5-9-20(10-6-16)24-15-17-4-7-19-14-21(30-31(2,27)28)11-8-18(19)12-17/h5-6,8-11,14,17,22,24H,3-4,7,12-13,15H2,1-2H3,(H,25,26). The summed E-state index contributed by atoms with van der Waals surface area (Å²) in [6, 6.07) is 13.3. The molecule has 2 N–H and O–H groups in total. The molecule has 0 fully saturated rings. The zero-order chi connectivity index (χ0) is 22.4. The predicted molar refractivity (Wildman–Crippen MR) is 119 cm³/mol. The number of hydrogen-bond donors (Lipinski definition) is 2. The van der Waals surface area contributed by atoms with Crippen molar-refractivity contribution in [2.75, 3.05) is 24.7 Å². The lowest BCUT2D eigenvalue weighted by Crippen LogP contribution is -2.26. The van der Waals surface area contributed by atoms with Crippen LogP contribution in [-0.2, 0) is 38.9 Å². The summed E-state index contributed by atoms with van der Waals surface area (Å²) in [4.78, 5) is 11.2. The largest absolute Gasteiger partial charge is 0.479 e. The number of benzene rings is 2. The Kier molecular flexibility index (Phi) is 7.56. The normalized spacial score (nSPS) is 16.9. The van der Waals surface area contributed by atoms with Gasteiger partial charge in [-0.2, -0.15) is 8.42 Å². The minimum Gasteiger partial charge on any atom is -0.479 e. The number of fused-ring (bicyclic) bond motifs is 1. The molecule has 0 amide bonds. The van der Waals surface area contributed by atoms with Gasteiger partial charge >= 0.3 is 16.1 Å². The van der Waals surface area contributed by atoms with Gasteiger partial charge < -0.3 is 19.3 Å². The van der Waals surface area contributed by atoms with Crippen LogP contribution >= 0.6 is 0 Å². The van der Waals surface area contributed by atoms with Crippen molar-refractivity contribution in [1.29, 1.82) is 0 Å². The second kappa shape index (κ2) is 10.2. The molecule has 1 aliphatic rings. The Morgan fingerprint density at radius 3 is 2.58 bits per heavy atom. The van der Waals surface area contributed by atoms with E-state index in [1.54, 1.807) is 13.0 Å². The third-order valence-corrected chi connectivity index (χ3v) is 5.86. The maximum absolute atomic E-state index is 11.3. The maximum Gasteiger partial charge on any atom is 0.333 e. The summed E-state index contributed by atoms with van der Waals surface area (Å²) in [6.07, 6.45) is 3.38. The predicted octanol–water partition coefficient (Wildman–Crippen LogP) is 3.27. The zero-order valence-corrected chi connectivity index (χ0v) is 18.7. The van der Waals surface area contributed by atoms with Gasteiger partial charge in [0.1, 0.15) is 5.75 Å². The molecule has 2 aromatic carbocycles. The molecule has 0 radical (unpaired) electrons. The summed E-state index contributed by atoms with van der Waals surface area (Å²) in [5, 5.41) is 12.7. The van der Waals surface area contributed by atoms with Crippen molar-refractivity contribution >= 4 is 21.8 Å². The van der Waals surface area contributed by atoms with Crippen LogP contribution in [0.25, 0.3) is 0 Å². The first-order chi connectivity index (χ1) is 14.7. The number of hydrogen-bond acceptors (Lipinski definition) is 6. The van der Waals surface area contributed by atoms with E-state index in [4.69, 9.17) is 8.92 Å². The van der Waals surface area contributed by atoms with E-state index in [9.17, 15) is 18.3 Å². The van der Waals surface area contributed by atoms with E-state index in [2.05, 4.69) is 5.32 Å². The second-order valence-electron chi connectivity index (χ2n) is 7.89. The minimum absolute atomic E-state index is 0.341. The second-order valence-corrected chi connectivity index (χ2v) is 9.47. The van der Waals surface area contributed by atoms with Gasteiger partial charge in [-0.25, -0.2) is 4.79 Å². The summed E-state index contributed by atoms with van der Waals surface area (Å²) in [6.45, 7) is 2.99. The van der Waals surface area contributed by atoms with E-state index in [0.29, 0.717) is 24.7 Å².